The predicted octanol–water partition coefficient (Wildman–Crippen LogP) is 0.833. The molecule has 0 unspecified atom stereocenters. The zero-order chi connectivity index (χ0) is 15.2. The number of rotatable bonds is 3. The predicted molar refractivity (Wildman–Crippen MR) is 74.7 cm³/mol. The van der Waals surface area contributed by atoms with Crippen LogP contribution in [0.25, 0.3) is 0 Å². The lowest BCUT2D eigenvalue weighted by atomic mass is 10.1. The maximum atomic E-state index is 13.3. The second kappa shape index (κ2) is 6.68. The minimum atomic E-state index is -0.518. The third-order valence-electron chi connectivity index (χ3n) is 2.88. The van der Waals surface area contributed by atoms with Gasteiger partial charge in [-0.25, -0.2) is 4.39 Å². The number of aromatic nitrogens is 2. The van der Waals surface area contributed by atoms with Crippen LogP contribution in [-0.4, -0.2) is 27.4 Å². The first-order chi connectivity index (χ1) is 10.1. The van der Waals surface area contributed by atoms with Gasteiger partial charge in [-0.3, -0.25) is 9.48 Å². The molecule has 108 valence electrons. The third kappa shape index (κ3) is 3.68. The van der Waals surface area contributed by atoms with Crippen LogP contribution in [0.3, 0.4) is 0 Å². The molecule has 1 heterocycles. The van der Waals surface area contributed by atoms with E-state index in [0.29, 0.717) is 5.56 Å². The number of amides is 1. The highest BCUT2D eigenvalue weighted by molar-refractivity contribution is 5.96. The number of aliphatic hydroxyl groups is 1. The molecule has 6 heteroatoms. The second-order valence-electron chi connectivity index (χ2n) is 4.28. The molecule has 0 atom stereocenters. The van der Waals surface area contributed by atoms with Crippen molar-refractivity contribution in [3.05, 3.63) is 53.1 Å². The number of hydrogen-bond donors (Lipinski definition) is 2. The molecule has 0 fully saturated rings. The lowest BCUT2D eigenvalue weighted by Crippen LogP contribution is -2.25. The molecule has 0 aliphatic rings. The van der Waals surface area contributed by atoms with Gasteiger partial charge >= 0.3 is 0 Å². The molecular formula is C15H14FN3O2. The summed E-state index contributed by atoms with van der Waals surface area (Å²) in [4.78, 5) is 12.1. The minimum absolute atomic E-state index is 0.137. The van der Waals surface area contributed by atoms with Crippen molar-refractivity contribution in [2.45, 2.75) is 6.54 Å². The molecule has 21 heavy (non-hydrogen) atoms. The van der Waals surface area contributed by atoms with E-state index in [9.17, 15) is 9.18 Å². The summed E-state index contributed by atoms with van der Waals surface area (Å²) < 4.78 is 15.0. The fraction of sp³-hybridized carbons (Fsp3) is 0.200. The molecular weight excluding hydrogens is 273 g/mol. The summed E-state index contributed by atoms with van der Waals surface area (Å²) in [6.45, 7) is -0.0494. The van der Waals surface area contributed by atoms with Crippen LogP contribution >= 0.6 is 0 Å². The molecule has 0 spiro atoms. The van der Waals surface area contributed by atoms with Crippen molar-refractivity contribution in [1.82, 2.24) is 15.1 Å². The van der Waals surface area contributed by atoms with Crippen molar-refractivity contribution in [2.24, 2.45) is 7.05 Å². The van der Waals surface area contributed by atoms with Crippen LogP contribution in [0.5, 0.6) is 0 Å². The number of hydrogen-bond acceptors (Lipinski definition) is 3. The molecule has 0 aliphatic carbocycles. The molecule has 1 aromatic carbocycles. The second-order valence-corrected chi connectivity index (χ2v) is 4.28. The SMILES string of the molecule is Cn1nccc1CNC(=O)c1cc(F)ccc1C#CCO. The van der Waals surface area contributed by atoms with Gasteiger partial charge in [0.2, 0.25) is 0 Å². The van der Waals surface area contributed by atoms with Crippen molar-refractivity contribution in [3.8, 4) is 11.8 Å². The Kier molecular flexibility index (Phi) is 4.69. The van der Waals surface area contributed by atoms with Crippen molar-refractivity contribution >= 4 is 5.91 Å². The normalized spacial score (nSPS) is 9.86. The largest absolute Gasteiger partial charge is 0.384 e. The summed E-state index contributed by atoms with van der Waals surface area (Å²) in [5, 5.41) is 15.4. The maximum Gasteiger partial charge on any atom is 0.252 e. The number of carbonyl (C=O) groups excluding carboxylic acids is 1. The van der Waals surface area contributed by atoms with Crippen LogP contribution in [0.2, 0.25) is 0 Å². The van der Waals surface area contributed by atoms with E-state index in [1.807, 2.05) is 0 Å². The number of carbonyl (C=O) groups is 1. The number of aryl methyl sites for hydroxylation is 1. The Bertz CT molecular complexity index is 713. The summed E-state index contributed by atoms with van der Waals surface area (Å²) in [6, 6.07) is 5.54. The Labute approximate surface area is 121 Å². The van der Waals surface area contributed by atoms with Gasteiger partial charge in [-0.15, -0.1) is 0 Å². The van der Waals surface area contributed by atoms with Crippen LogP contribution in [0.15, 0.2) is 30.5 Å². The standard InChI is InChI=1S/C15H14FN3O2/c1-19-13(6-7-18-19)10-17-15(21)14-9-12(16)5-4-11(14)3-2-8-20/h4-7,9,20H,8,10H2,1H3,(H,17,21). The van der Waals surface area contributed by atoms with Crippen LogP contribution < -0.4 is 5.32 Å². The molecule has 2 N–H and O–H groups in total. The summed E-state index contributed by atoms with van der Waals surface area (Å²) in [7, 11) is 1.77. The highest BCUT2D eigenvalue weighted by Crippen LogP contribution is 2.11. The van der Waals surface area contributed by atoms with E-state index >= 15 is 0 Å². The zero-order valence-electron chi connectivity index (χ0n) is 11.4. The van der Waals surface area contributed by atoms with E-state index in [1.165, 1.54) is 12.1 Å². The monoisotopic (exact) mass is 287 g/mol. The van der Waals surface area contributed by atoms with Crippen LogP contribution in [-0.2, 0) is 13.6 Å². The molecule has 5 nitrogen and oxygen atoms in total. The molecule has 0 bridgehead atoms. The Balaban J connectivity index is 2.18. The number of nitrogens with one attached hydrogen (secondary N) is 1. The summed E-state index contributed by atoms with van der Waals surface area (Å²) in [5.41, 5.74) is 1.33. The fourth-order valence-corrected chi connectivity index (χ4v) is 1.79. The zero-order valence-corrected chi connectivity index (χ0v) is 11.4. The molecule has 0 saturated heterocycles. The minimum Gasteiger partial charge on any atom is -0.384 e. The van der Waals surface area contributed by atoms with Gasteiger partial charge < -0.3 is 10.4 Å². The Morgan fingerprint density at radius 1 is 1.48 bits per heavy atom. The van der Waals surface area contributed by atoms with E-state index in [-0.39, 0.29) is 18.7 Å². The molecule has 0 saturated carbocycles. The highest BCUT2D eigenvalue weighted by atomic mass is 19.1. The van der Waals surface area contributed by atoms with Crippen molar-refractivity contribution in [3.63, 3.8) is 0 Å². The molecule has 0 aliphatic heterocycles. The summed E-state index contributed by atoms with van der Waals surface area (Å²) in [5.74, 6) is 4.13. The smallest absolute Gasteiger partial charge is 0.252 e. The van der Waals surface area contributed by atoms with Crippen molar-refractivity contribution in [2.75, 3.05) is 6.61 Å². The van der Waals surface area contributed by atoms with E-state index < -0.39 is 11.7 Å². The van der Waals surface area contributed by atoms with Gasteiger partial charge in [-0.2, -0.15) is 5.10 Å². The number of halogens is 1. The van der Waals surface area contributed by atoms with Crippen molar-refractivity contribution in [1.29, 1.82) is 0 Å². The van der Waals surface area contributed by atoms with Crippen LogP contribution in [0.4, 0.5) is 4.39 Å². The maximum absolute atomic E-state index is 13.3. The van der Waals surface area contributed by atoms with Crippen LogP contribution in [0.1, 0.15) is 21.6 Å². The molecule has 0 radical (unpaired) electrons. The van der Waals surface area contributed by atoms with Crippen LogP contribution in [0, 0.1) is 17.7 Å². The first kappa shape index (κ1) is 14.8. The summed E-state index contributed by atoms with van der Waals surface area (Å²) in [6.07, 6.45) is 1.63. The highest BCUT2D eigenvalue weighted by Gasteiger charge is 2.12. The summed E-state index contributed by atoms with van der Waals surface area (Å²) >= 11 is 0. The molecule has 2 rings (SSSR count). The van der Waals surface area contributed by atoms with Gasteiger partial charge in [-0.05, 0) is 24.3 Å². The lowest BCUT2D eigenvalue weighted by molar-refractivity contribution is 0.0949. The number of nitrogens with zero attached hydrogens (tertiary/aromatic N) is 2. The van der Waals surface area contributed by atoms with E-state index in [1.54, 1.807) is 24.0 Å². The van der Waals surface area contributed by atoms with Crippen molar-refractivity contribution < 1.29 is 14.3 Å². The average molecular weight is 287 g/mol. The average Bonchev–Trinajstić information content (AvgIpc) is 2.88. The molecule has 1 aromatic heterocycles. The number of aliphatic hydroxyl groups excluding tert-OH is 1. The molecule has 2 aromatic rings. The van der Waals surface area contributed by atoms with E-state index in [4.69, 9.17) is 5.11 Å². The third-order valence-corrected chi connectivity index (χ3v) is 2.88. The molecule has 1 amide bonds. The van der Waals surface area contributed by atoms with E-state index in [0.717, 1.165) is 11.8 Å². The van der Waals surface area contributed by atoms with Gasteiger partial charge in [0.25, 0.3) is 5.91 Å². The van der Waals surface area contributed by atoms with Gasteiger partial charge in [-0.1, -0.05) is 11.8 Å². The first-order valence-corrected chi connectivity index (χ1v) is 6.26. The van der Waals surface area contributed by atoms with E-state index in [2.05, 4.69) is 22.3 Å². The topological polar surface area (TPSA) is 67.2 Å². The van der Waals surface area contributed by atoms with Gasteiger partial charge in [0, 0.05) is 18.8 Å². The fourth-order valence-electron chi connectivity index (χ4n) is 1.79. The Morgan fingerprint density at radius 3 is 2.95 bits per heavy atom. The van der Waals surface area contributed by atoms with Gasteiger partial charge in [0.1, 0.15) is 12.4 Å². The Morgan fingerprint density at radius 2 is 2.29 bits per heavy atom. The Hall–Kier alpha value is -2.65. The number of benzene rings is 1. The first-order valence-electron chi connectivity index (χ1n) is 6.26. The lowest BCUT2D eigenvalue weighted by Gasteiger charge is -2.07. The quantitative estimate of drug-likeness (QED) is 0.822. The van der Waals surface area contributed by atoms with Gasteiger partial charge in [0.05, 0.1) is 17.8 Å². The van der Waals surface area contributed by atoms with Gasteiger partial charge in [0.15, 0.2) is 0 Å².